The molecule has 0 aromatic heterocycles. The van der Waals surface area contributed by atoms with E-state index in [0.29, 0.717) is 6.42 Å². The Morgan fingerprint density at radius 2 is 2.00 bits per heavy atom. The van der Waals surface area contributed by atoms with Crippen LogP contribution < -0.4 is 0 Å². The zero-order valence-electron chi connectivity index (χ0n) is 11.6. The molecule has 104 valence electrons. The maximum absolute atomic E-state index is 12.3. The highest BCUT2D eigenvalue weighted by atomic mass is 16.6. The molecule has 1 heterocycles. The van der Waals surface area contributed by atoms with Gasteiger partial charge in [-0.1, -0.05) is 20.8 Å². The van der Waals surface area contributed by atoms with Gasteiger partial charge >= 0.3 is 5.97 Å². The minimum absolute atomic E-state index is 0.0109. The van der Waals surface area contributed by atoms with Gasteiger partial charge in [0.2, 0.25) is 0 Å². The fraction of sp³-hybridized carbons (Fsp3) is 0.733. The molecule has 0 aromatic rings. The van der Waals surface area contributed by atoms with E-state index in [1.807, 2.05) is 6.92 Å². The monoisotopic (exact) mass is 264 g/mol. The summed E-state index contributed by atoms with van der Waals surface area (Å²) in [5.74, 6) is -0.978. The normalized spacial score (nSPS) is 52.6. The highest BCUT2D eigenvalue weighted by Gasteiger charge is 2.69. The fourth-order valence-corrected chi connectivity index (χ4v) is 4.48. The summed E-state index contributed by atoms with van der Waals surface area (Å²) in [5.41, 5.74) is -1.53. The van der Waals surface area contributed by atoms with E-state index in [4.69, 9.17) is 4.74 Å². The lowest BCUT2D eigenvalue weighted by atomic mass is 9.46. The Morgan fingerprint density at radius 3 is 2.68 bits per heavy atom. The average molecular weight is 264 g/mol. The van der Waals surface area contributed by atoms with Gasteiger partial charge in [0.15, 0.2) is 11.4 Å². The number of aliphatic hydroxyl groups is 1. The molecule has 1 saturated heterocycles. The topological polar surface area (TPSA) is 63.6 Å². The zero-order valence-corrected chi connectivity index (χ0v) is 11.6. The maximum atomic E-state index is 12.3. The van der Waals surface area contributed by atoms with Crippen molar-refractivity contribution in [3.8, 4) is 0 Å². The first-order chi connectivity index (χ1) is 8.84. The van der Waals surface area contributed by atoms with Crippen molar-refractivity contribution in [2.75, 3.05) is 0 Å². The van der Waals surface area contributed by atoms with E-state index in [2.05, 4.69) is 6.92 Å². The molecule has 1 saturated carbocycles. The zero-order chi connectivity index (χ0) is 14.0. The number of aliphatic hydroxyl groups excluding tert-OH is 1. The number of rotatable bonds is 0. The van der Waals surface area contributed by atoms with Crippen molar-refractivity contribution in [3.05, 3.63) is 12.2 Å². The van der Waals surface area contributed by atoms with Crippen LogP contribution in [0, 0.1) is 23.2 Å². The van der Waals surface area contributed by atoms with Gasteiger partial charge in [0, 0.05) is 11.3 Å². The van der Waals surface area contributed by atoms with E-state index in [1.165, 1.54) is 6.08 Å². The molecule has 1 aliphatic heterocycles. The molecule has 3 rings (SSSR count). The highest BCUT2D eigenvalue weighted by molar-refractivity contribution is 5.98. The molecule has 4 nitrogen and oxygen atoms in total. The molecule has 3 aliphatic rings. The summed E-state index contributed by atoms with van der Waals surface area (Å²) < 4.78 is 5.67. The van der Waals surface area contributed by atoms with E-state index in [9.17, 15) is 14.7 Å². The number of esters is 1. The van der Waals surface area contributed by atoms with E-state index >= 15 is 0 Å². The molecule has 0 amide bonds. The second kappa shape index (κ2) is 3.69. The summed E-state index contributed by atoms with van der Waals surface area (Å²) in [6.07, 6.45) is 3.86. The third-order valence-electron chi connectivity index (χ3n) is 5.82. The number of ether oxygens (including phenoxy) is 1. The van der Waals surface area contributed by atoms with E-state index in [-0.39, 0.29) is 23.6 Å². The summed E-state index contributed by atoms with van der Waals surface area (Å²) in [6, 6.07) is 0. The van der Waals surface area contributed by atoms with E-state index in [0.717, 1.165) is 6.42 Å². The lowest BCUT2D eigenvalue weighted by Crippen LogP contribution is -2.71. The van der Waals surface area contributed by atoms with Crippen molar-refractivity contribution in [1.29, 1.82) is 0 Å². The molecule has 19 heavy (non-hydrogen) atoms. The Balaban J connectivity index is 2.25. The molecule has 2 aliphatic carbocycles. The maximum Gasteiger partial charge on any atom is 0.310 e. The fourth-order valence-electron chi connectivity index (χ4n) is 4.48. The van der Waals surface area contributed by atoms with Gasteiger partial charge in [-0.3, -0.25) is 9.59 Å². The molecule has 2 fully saturated rings. The third kappa shape index (κ3) is 1.28. The molecule has 0 unspecified atom stereocenters. The van der Waals surface area contributed by atoms with Crippen molar-refractivity contribution < 1.29 is 19.4 Å². The first kappa shape index (κ1) is 12.9. The molecular formula is C15H20O4. The van der Waals surface area contributed by atoms with Crippen molar-refractivity contribution in [2.45, 2.75) is 45.3 Å². The van der Waals surface area contributed by atoms with Crippen LogP contribution in [0.25, 0.3) is 0 Å². The molecule has 0 radical (unpaired) electrons. The van der Waals surface area contributed by atoms with Crippen molar-refractivity contribution in [2.24, 2.45) is 23.2 Å². The van der Waals surface area contributed by atoms with Gasteiger partial charge in [-0.15, -0.1) is 0 Å². The molecule has 6 atom stereocenters. The minimum atomic E-state index is -1.02. The van der Waals surface area contributed by atoms with Gasteiger partial charge in [-0.05, 0) is 30.9 Å². The number of carbonyl (C=O) groups excluding carboxylic acids is 2. The van der Waals surface area contributed by atoms with Crippen LogP contribution in [0.15, 0.2) is 12.2 Å². The summed E-state index contributed by atoms with van der Waals surface area (Å²) in [4.78, 5) is 24.4. The molecular weight excluding hydrogens is 244 g/mol. The number of allylic oxidation sites excluding steroid dienone is 1. The molecule has 0 spiro atoms. The Hall–Kier alpha value is -1.16. The SMILES string of the molecule is C[C@@H]1C(=O)O[C@]23C=CC(=O)[C@H]1[C@]2(C)[C@@H](C)CC[C@H]3O. The smallest absolute Gasteiger partial charge is 0.310 e. The van der Waals surface area contributed by atoms with Crippen molar-refractivity contribution in [1.82, 2.24) is 0 Å². The summed E-state index contributed by atoms with van der Waals surface area (Å²) in [6.45, 7) is 5.84. The second-order valence-electron chi connectivity index (χ2n) is 6.49. The van der Waals surface area contributed by atoms with E-state index in [1.54, 1.807) is 13.0 Å². The Labute approximate surface area is 112 Å². The standard InChI is InChI=1S/C15H20O4/c1-8-4-5-11(17)15-7-6-10(16)12(14(8,15)3)9(2)13(18)19-15/h6-9,11-12,17H,4-5H2,1-3H3/t8-,9-,11+,12-,14-,15-/m0/s1. The van der Waals surface area contributed by atoms with Gasteiger partial charge < -0.3 is 9.84 Å². The molecule has 0 aromatic carbocycles. The lowest BCUT2D eigenvalue weighted by molar-refractivity contribution is -0.249. The third-order valence-corrected chi connectivity index (χ3v) is 5.82. The Bertz CT molecular complexity index is 483. The van der Waals surface area contributed by atoms with Gasteiger partial charge in [-0.25, -0.2) is 0 Å². The predicted molar refractivity (Wildman–Crippen MR) is 68.1 cm³/mol. The van der Waals surface area contributed by atoms with Crippen molar-refractivity contribution in [3.63, 3.8) is 0 Å². The average Bonchev–Trinajstić information content (AvgIpc) is 2.35. The first-order valence-electron chi connectivity index (χ1n) is 6.98. The van der Waals surface area contributed by atoms with Crippen LogP contribution in [0.5, 0.6) is 0 Å². The van der Waals surface area contributed by atoms with Gasteiger partial charge in [-0.2, -0.15) is 0 Å². The quantitative estimate of drug-likeness (QED) is 0.673. The van der Waals surface area contributed by atoms with Gasteiger partial charge in [0.05, 0.1) is 12.0 Å². The summed E-state index contributed by atoms with van der Waals surface area (Å²) >= 11 is 0. The summed E-state index contributed by atoms with van der Waals surface area (Å²) in [7, 11) is 0. The summed E-state index contributed by atoms with van der Waals surface area (Å²) in [5, 5.41) is 10.4. The minimum Gasteiger partial charge on any atom is -0.451 e. The van der Waals surface area contributed by atoms with Crippen LogP contribution in [0.3, 0.4) is 0 Å². The number of ketones is 1. The number of carbonyl (C=O) groups is 2. The number of hydrogen-bond donors (Lipinski definition) is 1. The van der Waals surface area contributed by atoms with Crippen LogP contribution in [-0.4, -0.2) is 28.6 Å². The van der Waals surface area contributed by atoms with Crippen LogP contribution in [0.1, 0.15) is 33.6 Å². The van der Waals surface area contributed by atoms with Crippen LogP contribution in [0.4, 0.5) is 0 Å². The number of hydrogen-bond acceptors (Lipinski definition) is 4. The lowest BCUT2D eigenvalue weighted by Gasteiger charge is -2.62. The molecule has 2 bridgehead atoms. The Kier molecular flexibility index (Phi) is 2.50. The van der Waals surface area contributed by atoms with E-state index < -0.39 is 23.0 Å². The van der Waals surface area contributed by atoms with Crippen LogP contribution >= 0.6 is 0 Å². The van der Waals surface area contributed by atoms with Gasteiger partial charge in [0.25, 0.3) is 0 Å². The molecule has 1 N–H and O–H groups in total. The Morgan fingerprint density at radius 1 is 1.32 bits per heavy atom. The highest BCUT2D eigenvalue weighted by Crippen LogP contribution is 2.61. The largest absolute Gasteiger partial charge is 0.451 e. The second-order valence-corrected chi connectivity index (χ2v) is 6.49. The van der Waals surface area contributed by atoms with Crippen molar-refractivity contribution >= 4 is 11.8 Å². The van der Waals surface area contributed by atoms with Gasteiger partial charge in [0.1, 0.15) is 0 Å². The molecule has 4 heteroatoms. The van der Waals surface area contributed by atoms with Crippen LogP contribution in [-0.2, 0) is 14.3 Å². The van der Waals surface area contributed by atoms with Crippen LogP contribution in [0.2, 0.25) is 0 Å². The predicted octanol–water partition coefficient (Wildman–Crippen LogP) is 1.47. The first-order valence-corrected chi connectivity index (χ1v) is 6.98.